The molecule has 0 bridgehead atoms. The van der Waals surface area contributed by atoms with Gasteiger partial charge in [0.15, 0.2) is 5.69 Å². The van der Waals surface area contributed by atoms with Crippen LogP contribution in [0.25, 0.3) is 23.0 Å². The number of benzene rings is 1. The maximum Gasteiger partial charge on any atom is 0.268 e. The topological polar surface area (TPSA) is 114 Å². The third-order valence-corrected chi connectivity index (χ3v) is 5.98. The number of aromatic nitrogens is 4. The Morgan fingerprint density at radius 2 is 1.93 bits per heavy atom. The molecule has 4 rings (SSSR count). The van der Waals surface area contributed by atoms with Crippen LogP contribution in [-0.4, -0.2) is 53.5 Å². The molecule has 0 atom stereocenters. The van der Waals surface area contributed by atoms with Crippen molar-refractivity contribution < 1.29 is 15.7 Å². The molecule has 2 aromatic heterocycles. The van der Waals surface area contributed by atoms with Crippen LogP contribution in [0.5, 0.6) is 0 Å². The third-order valence-electron chi connectivity index (χ3n) is 4.52. The fourth-order valence-electron chi connectivity index (χ4n) is 2.89. The molecule has 0 aliphatic carbocycles. The highest BCUT2D eigenvalue weighted by Crippen LogP contribution is 2.27. The fraction of sp³-hybridized carbons (Fsp3) is 0.333. The molecule has 1 N–H and O–H groups in total. The first-order valence-corrected chi connectivity index (χ1v) is 10.6. The second kappa shape index (κ2) is 7.28. The van der Waals surface area contributed by atoms with Gasteiger partial charge < -0.3 is 9.32 Å². The maximum atomic E-state index is 11.7. The minimum atomic E-state index is -3.21. The fourth-order valence-corrected chi connectivity index (χ4v) is 3.71. The van der Waals surface area contributed by atoms with E-state index in [0.29, 0.717) is 42.1 Å². The van der Waals surface area contributed by atoms with Gasteiger partial charge in [-0.2, -0.15) is 0 Å². The van der Waals surface area contributed by atoms with Crippen molar-refractivity contribution in [1.29, 1.82) is 0 Å². The zero-order valence-corrected chi connectivity index (χ0v) is 16.3. The monoisotopic (exact) mass is 404 g/mol. The molecule has 1 aromatic carbocycles. The number of hydrogen-bond donors (Lipinski definition) is 1. The lowest BCUT2D eigenvalue weighted by Crippen LogP contribution is -2.59. The van der Waals surface area contributed by atoms with E-state index in [9.17, 15) is 8.42 Å². The summed E-state index contributed by atoms with van der Waals surface area (Å²) in [6.07, 6.45) is 1.66. The van der Waals surface area contributed by atoms with Crippen LogP contribution in [0, 0.1) is 6.92 Å². The van der Waals surface area contributed by atoms with Crippen LogP contribution in [0.15, 0.2) is 40.9 Å². The molecule has 9 nitrogen and oxygen atoms in total. The van der Waals surface area contributed by atoms with E-state index in [1.54, 1.807) is 13.1 Å². The molecule has 1 aliphatic heterocycles. The molecular weight excluding hydrogens is 380 g/mol. The SMILES string of the molecule is CCS(=O)(=O)NC1CN(c2cnc(C)c(-c3nnc(-c4ccccc4)o3)n2)C1.[HH].[HH]. The number of hydrogen-bond acceptors (Lipinski definition) is 8. The van der Waals surface area contributed by atoms with E-state index in [1.165, 1.54) is 0 Å². The first kappa shape index (κ1) is 18.5. The Labute approximate surface area is 165 Å². The average Bonchev–Trinajstić information content (AvgIpc) is 3.16. The Kier molecular flexibility index (Phi) is 4.82. The Morgan fingerprint density at radius 1 is 1.21 bits per heavy atom. The van der Waals surface area contributed by atoms with Gasteiger partial charge in [-0.05, 0) is 26.0 Å². The van der Waals surface area contributed by atoms with Gasteiger partial charge in [0, 0.05) is 21.5 Å². The minimum absolute atomic E-state index is 0. The Bertz CT molecular complexity index is 1090. The normalized spacial score (nSPS) is 14.9. The largest absolute Gasteiger partial charge is 0.415 e. The van der Waals surface area contributed by atoms with Gasteiger partial charge in [-0.1, -0.05) is 18.2 Å². The number of aryl methyl sites for hydroxylation is 1. The molecular formula is C18H24N6O3S. The van der Waals surface area contributed by atoms with Gasteiger partial charge in [-0.15, -0.1) is 10.2 Å². The average molecular weight is 404 g/mol. The van der Waals surface area contributed by atoms with E-state index in [1.807, 2.05) is 42.2 Å². The van der Waals surface area contributed by atoms with E-state index in [4.69, 9.17) is 4.42 Å². The van der Waals surface area contributed by atoms with Gasteiger partial charge in [-0.25, -0.2) is 18.1 Å². The van der Waals surface area contributed by atoms with Gasteiger partial charge in [-0.3, -0.25) is 4.98 Å². The molecule has 3 aromatic rings. The Morgan fingerprint density at radius 3 is 2.64 bits per heavy atom. The van der Waals surface area contributed by atoms with Crippen molar-refractivity contribution in [2.45, 2.75) is 19.9 Å². The molecule has 1 aliphatic rings. The molecule has 0 unspecified atom stereocenters. The summed E-state index contributed by atoms with van der Waals surface area (Å²) < 4.78 is 31.8. The predicted molar refractivity (Wildman–Crippen MR) is 108 cm³/mol. The standard InChI is InChI=1S/C18H20N6O3S.2H2/c1-3-28(25,26)23-14-10-24(11-14)15-9-19-12(2)16(20-15)18-22-21-17(27-18)13-7-5-4-6-8-13;;/h4-9,14,23H,3,10-11H2,1-2H3;2*1H. The second-order valence-corrected chi connectivity index (χ2v) is 8.61. The summed E-state index contributed by atoms with van der Waals surface area (Å²) in [7, 11) is -3.21. The van der Waals surface area contributed by atoms with Crippen LogP contribution in [0.2, 0.25) is 0 Å². The highest BCUT2D eigenvalue weighted by atomic mass is 32.2. The van der Waals surface area contributed by atoms with Crippen LogP contribution < -0.4 is 9.62 Å². The lowest BCUT2D eigenvalue weighted by Gasteiger charge is -2.40. The zero-order valence-electron chi connectivity index (χ0n) is 15.5. The summed E-state index contributed by atoms with van der Waals surface area (Å²) in [6, 6.07) is 9.38. The molecule has 0 spiro atoms. The smallest absolute Gasteiger partial charge is 0.268 e. The van der Waals surface area contributed by atoms with E-state index >= 15 is 0 Å². The second-order valence-electron chi connectivity index (χ2n) is 6.56. The van der Waals surface area contributed by atoms with Crippen molar-refractivity contribution in [2.24, 2.45) is 0 Å². The van der Waals surface area contributed by atoms with Crippen molar-refractivity contribution in [2.75, 3.05) is 23.7 Å². The van der Waals surface area contributed by atoms with Crippen molar-refractivity contribution in [3.05, 3.63) is 42.2 Å². The van der Waals surface area contributed by atoms with Gasteiger partial charge in [0.1, 0.15) is 5.82 Å². The minimum Gasteiger partial charge on any atom is -0.415 e. The molecule has 0 saturated carbocycles. The summed E-state index contributed by atoms with van der Waals surface area (Å²) in [6.45, 7) is 4.52. The number of sulfonamides is 1. The summed E-state index contributed by atoms with van der Waals surface area (Å²) in [5.74, 6) is 1.43. The molecule has 28 heavy (non-hydrogen) atoms. The lowest BCUT2D eigenvalue weighted by atomic mass is 10.1. The number of rotatable bonds is 6. The van der Waals surface area contributed by atoms with Gasteiger partial charge >= 0.3 is 0 Å². The van der Waals surface area contributed by atoms with Crippen LogP contribution in [-0.2, 0) is 10.0 Å². The van der Waals surface area contributed by atoms with Gasteiger partial charge in [0.05, 0.1) is 23.7 Å². The number of nitrogens with one attached hydrogen (secondary N) is 1. The van der Waals surface area contributed by atoms with Crippen LogP contribution in [0.1, 0.15) is 15.5 Å². The number of nitrogens with zero attached hydrogens (tertiary/aromatic N) is 5. The molecule has 0 amide bonds. The quantitative estimate of drug-likeness (QED) is 0.664. The van der Waals surface area contributed by atoms with Crippen LogP contribution in [0.3, 0.4) is 0 Å². The summed E-state index contributed by atoms with van der Waals surface area (Å²) in [5, 5.41) is 8.21. The summed E-state index contributed by atoms with van der Waals surface area (Å²) >= 11 is 0. The maximum absolute atomic E-state index is 11.7. The van der Waals surface area contributed by atoms with E-state index in [0.717, 1.165) is 5.56 Å². The zero-order chi connectivity index (χ0) is 19.7. The molecule has 1 saturated heterocycles. The van der Waals surface area contributed by atoms with Crippen LogP contribution >= 0.6 is 0 Å². The highest BCUT2D eigenvalue weighted by Gasteiger charge is 2.31. The first-order valence-electron chi connectivity index (χ1n) is 8.93. The molecule has 0 radical (unpaired) electrons. The van der Waals surface area contributed by atoms with E-state index in [2.05, 4.69) is 24.9 Å². The Hall–Kier alpha value is -2.85. The van der Waals surface area contributed by atoms with E-state index in [-0.39, 0.29) is 14.6 Å². The number of anilines is 1. The molecule has 10 heteroatoms. The molecule has 1 fully saturated rings. The van der Waals surface area contributed by atoms with E-state index < -0.39 is 10.0 Å². The Balaban J connectivity index is 0.00000160. The lowest BCUT2D eigenvalue weighted by molar-refractivity contribution is 0.466. The predicted octanol–water partition coefficient (Wildman–Crippen LogP) is 2.12. The van der Waals surface area contributed by atoms with Crippen molar-refractivity contribution >= 4 is 15.8 Å². The summed E-state index contributed by atoms with van der Waals surface area (Å²) in [4.78, 5) is 10.9. The summed E-state index contributed by atoms with van der Waals surface area (Å²) in [5.41, 5.74) is 2.03. The van der Waals surface area contributed by atoms with Crippen molar-refractivity contribution in [3.63, 3.8) is 0 Å². The first-order chi connectivity index (χ1) is 13.4. The van der Waals surface area contributed by atoms with Gasteiger partial charge in [0.2, 0.25) is 15.9 Å². The molecule has 3 heterocycles. The molecule has 150 valence electrons. The third kappa shape index (κ3) is 3.73. The van der Waals surface area contributed by atoms with Crippen LogP contribution in [0.4, 0.5) is 5.82 Å². The highest BCUT2D eigenvalue weighted by molar-refractivity contribution is 7.89. The van der Waals surface area contributed by atoms with Crippen molar-refractivity contribution in [1.82, 2.24) is 24.9 Å². The van der Waals surface area contributed by atoms with Crippen molar-refractivity contribution in [3.8, 4) is 23.0 Å². The van der Waals surface area contributed by atoms with Gasteiger partial charge in [0.25, 0.3) is 5.89 Å².